The molecule has 0 radical (unpaired) electrons. The van der Waals surface area contributed by atoms with Crippen molar-refractivity contribution in [3.63, 3.8) is 0 Å². The Bertz CT molecular complexity index is 421. The Kier molecular flexibility index (Phi) is 3.79. The third-order valence-electron chi connectivity index (χ3n) is 2.65. The minimum atomic E-state index is -0.445. The average Bonchev–Trinajstić information content (AvgIpc) is 2.77. The summed E-state index contributed by atoms with van der Waals surface area (Å²) in [7, 11) is 0. The number of amides is 1. The van der Waals surface area contributed by atoms with Crippen molar-refractivity contribution in [1.82, 2.24) is 5.27 Å². The Balaban J connectivity index is 1.99. The third-order valence-corrected chi connectivity index (χ3v) is 3.59. The molecule has 0 saturated carbocycles. The number of anilines is 1. The van der Waals surface area contributed by atoms with Gasteiger partial charge in [-0.1, -0.05) is 20.8 Å². The van der Waals surface area contributed by atoms with Crippen LogP contribution in [0.25, 0.3) is 0 Å². The predicted octanol–water partition coefficient (Wildman–Crippen LogP) is 0.631. The molecule has 1 fully saturated rings. The standard InChI is InChI=1S/C11H18N4O2S/c1-11(2,3)10(16)12-9-8-15(13-17-9)14-4-6-18-7-5-14/h8H,4-7H2,1-3H3/p+1. The third kappa shape index (κ3) is 3.16. The maximum absolute atomic E-state index is 11.8. The molecule has 0 unspecified atom stereocenters. The van der Waals surface area contributed by atoms with Crippen LogP contribution in [0, 0.1) is 5.41 Å². The molecule has 0 aromatic carbocycles. The van der Waals surface area contributed by atoms with Crippen molar-refractivity contribution in [3.8, 4) is 0 Å². The first-order valence-electron chi connectivity index (χ1n) is 6.00. The molecule has 0 bridgehead atoms. The molecule has 1 saturated heterocycles. The zero-order valence-electron chi connectivity index (χ0n) is 11.0. The van der Waals surface area contributed by atoms with E-state index in [1.165, 1.54) is 0 Å². The summed E-state index contributed by atoms with van der Waals surface area (Å²) < 4.78 is 5.12. The van der Waals surface area contributed by atoms with Crippen molar-refractivity contribution in [1.29, 1.82) is 0 Å². The van der Waals surface area contributed by atoms with Crippen LogP contribution in [0.15, 0.2) is 10.7 Å². The van der Waals surface area contributed by atoms with E-state index in [0.717, 1.165) is 24.6 Å². The van der Waals surface area contributed by atoms with Crippen LogP contribution in [0.5, 0.6) is 0 Å². The molecule has 1 aromatic heterocycles. The van der Waals surface area contributed by atoms with Gasteiger partial charge in [0.05, 0.1) is 17.9 Å². The van der Waals surface area contributed by atoms with Crippen molar-refractivity contribution in [3.05, 3.63) is 6.20 Å². The lowest BCUT2D eigenvalue weighted by molar-refractivity contribution is -0.757. The number of carbonyl (C=O) groups excluding carboxylic acids is 1. The molecule has 7 heteroatoms. The van der Waals surface area contributed by atoms with Gasteiger partial charge in [0.2, 0.25) is 11.2 Å². The van der Waals surface area contributed by atoms with Gasteiger partial charge < -0.3 is 0 Å². The highest BCUT2D eigenvalue weighted by molar-refractivity contribution is 7.99. The zero-order valence-corrected chi connectivity index (χ0v) is 11.8. The Morgan fingerprint density at radius 2 is 2.17 bits per heavy atom. The number of hydrogen-bond donors (Lipinski definition) is 1. The molecule has 1 amide bonds. The predicted molar refractivity (Wildman–Crippen MR) is 70.1 cm³/mol. The summed E-state index contributed by atoms with van der Waals surface area (Å²) in [5.74, 6) is 2.47. The van der Waals surface area contributed by atoms with E-state index in [2.05, 4.69) is 15.6 Å². The lowest BCUT2D eigenvalue weighted by Gasteiger charge is -2.17. The number of nitrogens with zero attached hydrogens (tertiary/aromatic N) is 3. The monoisotopic (exact) mass is 271 g/mol. The second kappa shape index (κ2) is 5.17. The summed E-state index contributed by atoms with van der Waals surface area (Å²) in [6, 6.07) is 0. The fourth-order valence-corrected chi connectivity index (χ4v) is 2.37. The van der Waals surface area contributed by atoms with E-state index in [4.69, 9.17) is 4.52 Å². The number of carbonyl (C=O) groups is 1. The van der Waals surface area contributed by atoms with Crippen LogP contribution in [-0.4, -0.2) is 35.8 Å². The van der Waals surface area contributed by atoms with Crippen molar-refractivity contribution >= 4 is 23.6 Å². The van der Waals surface area contributed by atoms with E-state index in [1.54, 1.807) is 11.0 Å². The van der Waals surface area contributed by atoms with Crippen LogP contribution in [0.4, 0.5) is 5.88 Å². The molecule has 2 rings (SSSR count). The van der Waals surface area contributed by atoms with Gasteiger partial charge in [-0.2, -0.15) is 16.8 Å². The number of nitrogens with one attached hydrogen (secondary N) is 1. The first kappa shape index (κ1) is 13.2. The molecule has 1 N–H and O–H groups in total. The fraction of sp³-hybridized carbons (Fsp3) is 0.727. The second-order valence-corrected chi connectivity index (χ2v) is 6.48. The normalized spacial score (nSPS) is 16.7. The molecule has 2 heterocycles. The number of rotatable bonds is 2. The van der Waals surface area contributed by atoms with Crippen molar-refractivity contribution in [2.75, 3.05) is 34.9 Å². The number of aromatic nitrogens is 2. The van der Waals surface area contributed by atoms with E-state index in [0.29, 0.717) is 5.88 Å². The highest BCUT2D eigenvalue weighted by atomic mass is 32.2. The molecule has 6 nitrogen and oxygen atoms in total. The molecule has 100 valence electrons. The molecule has 18 heavy (non-hydrogen) atoms. The van der Waals surface area contributed by atoms with Gasteiger partial charge in [-0.25, -0.2) is 0 Å². The van der Waals surface area contributed by atoms with E-state index >= 15 is 0 Å². The van der Waals surface area contributed by atoms with Gasteiger partial charge >= 0.3 is 5.88 Å². The molecule has 1 aliphatic rings. The lowest BCUT2D eigenvalue weighted by atomic mass is 9.96. The van der Waals surface area contributed by atoms with Gasteiger partial charge in [0.15, 0.2) is 0 Å². The highest BCUT2D eigenvalue weighted by Crippen LogP contribution is 2.16. The van der Waals surface area contributed by atoms with Crippen LogP contribution < -0.4 is 15.1 Å². The molecular weight excluding hydrogens is 252 g/mol. The van der Waals surface area contributed by atoms with Gasteiger partial charge in [-0.15, -0.1) is 0 Å². The quantitative estimate of drug-likeness (QED) is 0.800. The van der Waals surface area contributed by atoms with Crippen LogP contribution in [0.3, 0.4) is 0 Å². The first-order valence-corrected chi connectivity index (χ1v) is 7.15. The second-order valence-electron chi connectivity index (χ2n) is 5.26. The van der Waals surface area contributed by atoms with E-state index in [-0.39, 0.29) is 5.91 Å². The Hall–Kier alpha value is -1.24. The van der Waals surface area contributed by atoms with Crippen molar-refractivity contribution in [2.24, 2.45) is 5.41 Å². The molecular formula is C11H19N4O2S+. The lowest BCUT2D eigenvalue weighted by Crippen LogP contribution is -2.61. The van der Waals surface area contributed by atoms with Crippen molar-refractivity contribution < 1.29 is 14.1 Å². The average molecular weight is 271 g/mol. The molecule has 1 aliphatic heterocycles. The van der Waals surface area contributed by atoms with Gasteiger partial charge in [0.25, 0.3) is 6.20 Å². The Labute approximate surface area is 111 Å². The Morgan fingerprint density at radius 1 is 1.50 bits per heavy atom. The van der Waals surface area contributed by atoms with Gasteiger partial charge in [-0.05, 0) is 0 Å². The van der Waals surface area contributed by atoms with Gasteiger partial charge in [0, 0.05) is 16.9 Å². The largest absolute Gasteiger partial charge is 0.305 e. The highest BCUT2D eigenvalue weighted by Gasteiger charge is 2.26. The SMILES string of the molecule is CC(C)(C)C(=O)Nc1c[n+](N2CCSCC2)no1. The smallest absolute Gasteiger partial charge is 0.288 e. The maximum Gasteiger partial charge on any atom is 0.305 e. The van der Waals surface area contributed by atoms with Gasteiger partial charge in [-0.3, -0.25) is 14.6 Å². The summed E-state index contributed by atoms with van der Waals surface area (Å²) in [5.41, 5.74) is -0.445. The minimum absolute atomic E-state index is 0.0833. The van der Waals surface area contributed by atoms with Crippen LogP contribution in [0.1, 0.15) is 20.8 Å². The van der Waals surface area contributed by atoms with Crippen LogP contribution in [-0.2, 0) is 4.79 Å². The molecule has 0 spiro atoms. The van der Waals surface area contributed by atoms with Crippen molar-refractivity contribution in [2.45, 2.75) is 20.8 Å². The summed E-state index contributed by atoms with van der Waals surface area (Å²) >= 11 is 1.93. The molecule has 0 atom stereocenters. The maximum atomic E-state index is 11.8. The number of thioether (sulfide) groups is 1. The van der Waals surface area contributed by atoms with E-state index in [9.17, 15) is 4.79 Å². The minimum Gasteiger partial charge on any atom is -0.288 e. The summed E-state index contributed by atoms with van der Waals surface area (Å²) in [6.07, 6.45) is 1.71. The summed E-state index contributed by atoms with van der Waals surface area (Å²) in [6.45, 7) is 7.45. The fourth-order valence-electron chi connectivity index (χ4n) is 1.48. The molecule has 1 aromatic rings. The topological polar surface area (TPSA) is 62.3 Å². The Morgan fingerprint density at radius 3 is 2.78 bits per heavy atom. The molecule has 0 aliphatic carbocycles. The van der Waals surface area contributed by atoms with E-state index in [1.807, 2.05) is 32.5 Å². The van der Waals surface area contributed by atoms with E-state index < -0.39 is 5.41 Å². The summed E-state index contributed by atoms with van der Waals surface area (Å²) in [4.78, 5) is 13.5. The number of hydrogen-bond acceptors (Lipinski definition) is 5. The van der Waals surface area contributed by atoms with Gasteiger partial charge in [0.1, 0.15) is 0 Å². The first-order chi connectivity index (χ1) is 8.47. The zero-order chi connectivity index (χ0) is 13.2. The summed E-state index contributed by atoms with van der Waals surface area (Å²) in [5, 5.41) is 8.73. The van der Waals surface area contributed by atoms with Crippen LogP contribution >= 0.6 is 11.8 Å². The van der Waals surface area contributed by atoms with Crippen LogP contribution in [0.2, 0.25) is 0 Å².